The summed E-state index contributed by atoms with van der Waals surface area (Å²) >= 11 is 0. The second-order valence-corrected chi connectivity index (χ2v) is 11.7. The van der Waals surface area contributed by atoms with Crippen LogP contribution in [0.2, 0.25) is 0 Å². The third kappa shape index (κ3) is 3.65. The lowest BCUT2D eigenvalue weighted by atomic mass is 9.87. The highest BCUT2D eigenvalue weighted by Crippen LogP contribution is 2.47. The van der Waals surface area contributed by atoms with Crippen molar-refractivity contribution in [2.45, 2.75) is 61.1 Å². The van der Waals surface area contributed by atoms with Crippen molar-refractivity contribution in [1.82, 2.24) is 4.90 Å². The number of sulfone groups is 1. The lowest BCUT2D eigenvalue weighted by Crippen LogP contribution is -2.37. The second-order valence-electron chi connectivity index (χ2n) is 9.08. The number of piperidine rings is 1. The number of benzene rings is 2. The Morgan fingerprint density at radius 3 is 2.21 bits per heavy atom. The van der Waals surface area contributed by atoms with Crippen molar-refractivity contribution in [1.29, 1.82) is 0 Å². The van der Waals surface area contributed by atoms with E-state index in [1.54, 1.807) is 24.3 Å². The lowest BCUT2D eigenvalue weighted by molar-refractivity contribution is 0.194. The van der Waals surface area contributed by atoms with Gasteiger partial charge >= 0.3 is 0 Å². The molecule has 4 heteroatoms. The van der Waals surface area contributed by atoms with Gasteiger partial charge in [0.15, 0.2) is 9.84 Å². The summed E-state index contributed by atoms with van der Waals surface area (Å²) in [5, 5.41) is 0. The van der Waals surface area contributed by atoms with Crippen LogP contribution in [0.5, 0.6) is 0 Å². The average Bonchev–Trinajstić information content (AvgIpc) is 3.30. The van der Waals surface area contributed by atoms with E-state index in [9.17, 15) is 8.42 Å². The molecule has 4 rings (SSSR count). The fourth-order valence-corrected chi connectivity index (χ4v) is 6.76. The number of fused-ring (bicyclic) bond motifs is 2. The maximum absolute atomic E-state index is 13.0. The van der Waals surface area contributed by atoms with E-state index in [0.717, 1.165) is 25.4 Å². The van der Waals surface area contributed by atoms with Gasteiger partial charge in [-0.15, -0.1) is 0 Å². The summed E-state index contributed by atoms with van der Waals surface area (Å²) in [6.07, 6.45) is 4.17. The predicted octanol–water partition coefficient (Wildman–Crippen LogP) is 4.90. The Kier molecular flexibility index (Phi) is 5.36. The van der Waals surface area contributed by atoms with Crippen LogP contribution in [0.15, 0.2) is 65.6 Å². The molecule has 2 aromatic rings. The molecule has 1 aliphatic carbocycles. The predicted molar refractivity (Wildman–Crippen MR) is 114 cm³/mol. The second kappa shape index (κ2) is 7.64. The maximum atomic E-state index is 13.0. The first kappa shape index (κ1) is 19.7. The summed E-state index contributed by atoms with van der Waals surface area (Å²) in [4.78, 5) is 3.04. The Hall–Kier alpha value is -1.65. The Bertz CT molecular complexity index is 893. The molecule has 0 spiro atoms. The van der Waals surface area contributed by atoms with Crippen LogP contribution in [0.3, 0.4) is 0 Å². The molecule has 1 saturated heterocycles. The highest BCUT2D eigenvalue weighted by molar-refractivity contribution is 7.92. The molecule has 2 bridgehead atoms. The summed E-state index contributed by atoms with van der Waals surface area (Å²) in [5.74, 6) is 1.46. The van der Waals surface area contributed by atoms with Crippen molar-refractivity contribution in [3.8, 4) is 0 Å². The monoisotopic (exact) mass is 397 g/mol. The van der Waals surface area contributed by atoms with Crippen molar-refractivity contribution in [3.05, 3.63) is 66.2 Å². The molecule has 3 nitrogen and oxygen atoms in total. The van der Waals surface area contributed by atoms with E-state index in [4.69, 9.17) is 0 Å². The van der Waals surface area contributed by atoms with Gasteiger partial charge in [0.05, 0.1) is 9.64 Å². The minimum Gasteiger partial charge on any atom is -0.300 e. The zero-order valence-corrected chi connectivity index (χ0v) is 17.7. The standard InChI is InChI=1S/C24H31NO2S/c1-24(2,28(26,27)22-12-7-4-8-13-22)14-9-15-25-18-20-16-21(25)17-23(20)19-10-5-3-6-11-19/h3-8,10-13,20-21,23H,9,14-18H2,1-2H3. The van der Waals surface area contributed by atoms with E-state index in [1.807, 2.05) is 19.9 Å². The average molecular weight is 398 g/mol. The highest BCUT2D eigenvalue weighted by atomic mass is 32.2. The molecule has 3 atom stereocenters. The third-order valence-corrected chi connectivity index (χ3v) is 9.44. The zero-order valence-electron chi connectivity index (χ0n) is 16.9. The molecule has 2 aliphatic rings. The summed E-state index contributed by atoms with van der Waals surface area (Å²) in [5.41, 5.74) is 1.49. The summed E-state index contributed by atoms with van der Waals surface area (Å²) < 4.78 is 25.3. The summed E-state index contributed by atoms with van der Waals surface area (Å²) in [6.45, 7) is 5.92. The van der Waals surface area contributed by atoms with Gasteiger partial charge in [-0.1, -0.05) is 48.5 Å². The van der Waals surface area contributed by atoms with Gasteiger partial charge in [0.1, 0.15) is 0 Å². The van der Waals surface area contributed by atoms with Crippen LogP contribution in [0.25, 0.3) is 0 Å². The van der Waals surface area contributed by atoms with Gasteiger partial charge in [-0.05, 0) is 75.6 Å². The molecule has 28 heavy (non-hydrogen) atoms. The molecule has 1 saturated carbocycles. The zero-order chi connectivity index (χ0) is 19.8. The lowest BCUT2D eigenvalue weighted by Gasteiger charge is -2.33. The maximum Gasteiger partial charge on any atom is 0.183 e. The topological polar surface area (TPSA) is 37.4 Å². The fraction of sp³-hybridized carbons (Fsp3) is 0.500. The quantitative estimate of drug-likeness (QED) is 0.667. The normalized spacial score (nSPS) is 25.3. The van der Waals surface area contributed by atoms with Gasteiger partial charge in [-0.25, -0.2) is 8.42 Å². The van der Waals surface area contributed by atoms with Gasteiger partial charge in [-0.3, -0.25) is 0 Å². The van der Waals surface area contributed by atoms with Crippen molar-refractivity contribution in [2.24, 2.45) is 5.92 Å². The van der Waals surface area contributed by atoms with Gasteiger partial charge in [0.2, 0.25) is 0 Å². The van der Waals surface area contributed by atoms with E-state index < -0.39 is 14.6 Å². The molecule has 0 amide bonds. The number of hydrogen-bond donors (Lipinski definition) is 0. The minimum atomic E-state index is -3.31. The number of likely N-dealkylation sites (tertiary alicyclic amines) is 1. The first-order valence-electron chi connectivity index (χ1n) is 10.5. The Labute approximate surface area is 169 Å². The molecular weight excluding hydrogens is 366 g/mol. The molecular formula is C24H31NO2S. The molecule has 0 N–H and O–H groups in total. The first-order chi connectivity index (χ1) is 13.4. The molecule has 0 radical (unpaired) electrons. The molecule has 2 fully saturated rings. The van der Waals surface area contributed by atoms with Crippen LogP contribution in [-0.4, -0.2) is 37.2 Å². The van der Waals surface area contributed by atoms with Crippen molar-refractivity contribution < 1.29 is 8.42 Å². The van der Waals surface area contributed by atoms with Crippen molar-refractivity contribution >= 4 is 9.84 Å². The van der Waals surface area contributed by atoms with Crippen molar-refractivity contribution in [3.63, 3.8) is 0 Å². The van der Waals surface area contributed by atoms with Crippen LogP contribution in [-0.2, 0) is 9.84 Å². The van der Waals surface area contributed by atoms with Gasteiger partial charge < -0.3 is 4.90 Å². The van der Waals surface area contributed by atoms with Gasteiger partial charge in [0, 0.05) is 12.6 Å². The summed E-state index contributed by atoms with van der Waals surface area (Å²) in [6, 6.07) is 20.5. The van der Waals surface area contributed by atoms with Gasteiger partial charge in [-0.2, -0.15) is 0 Å². The molecule has 1 heterocycles. The number of rotatable bonds is 7. The molecule has 1 aliphatic heterocycles. The molecule has 150 valence electrons. The van der Waals surface area contributed by atoms with Crippen LogP contribution < -0.4 is 0 Å². The third-order valence-electron chi connectivity index (χ3n) is 6.89. The summed E-state index contributed by atoms with van der Waals surface area (Å²) in [7, 11) is -3.31. The van der Waals surface area contributed by atoms with E-state index in [2.05, 4.69) is 35.2 Å². The Balaban J connectivity index is 1.32. The highest BCUT2D eigenvalue weighted by Gasteiger charge is 2.45. The fourth-order valence-electron chi connectivity index (χ4n) is 5.19. The van der Waals surface area contributed by atoms with E-state index in [-0.39, 0.29) is 0 Å². The molecule has 2 aromatic carbocycles. The SMILES string of the molecule is CC(C)(CCCN1CC2CC1CC2c1ccccc1)S(=O)(=O)c1ccccc1. The van der Waals surface area contributed by atoms with Crippen LogP contribution in [0.1, 0.15) is 51.0 Å². The van der Waals surface area contributed by atoms with Crippen LogP contribution in [0.4, 0.5) is 0 Å². The Morgan fingerprint density at radius 2 is 1.61 bits per heavy atom. The van der Waals surface area contributed by atoms with Crippen molar-refractivity contribution in [2.75, 3.05) is 13.1 Å². The van der Waals surface area contributed by atoms with Gasteiger partial charge in [0.25, 0.3) is 0 Å². The van der Waals surface area contributed by atoms with E-state index >= 15 is 0 Å². The largest absolute Gasteiger partial charge is 0.300 e. The van der Waals surface area contributed by atoms with E-state index in [0.29, 0.717) is 23.3 Å². The first-order valence-corrected chi connectivity index (χ1v) is 12.0. The number of nitrogens with zero attached hydrogens (tertiary/aromatic N) is 1. The van der Waals surface area contributed by atoms with Crippen LogP contribution in [0, 0.1) is 5.92 Å². The smallest absolute Gasteiger partial charge is 0.183 e. The van der Waals surface area contributed by atoms with Crippen LogP contribution >= 0.6 is 0 Å². The molecule has 3 unspecified atom stereocenters. The minimum absolute atomic E-state index is 0.436. The molecule has 0 aromatic heterocycles. The Morgan fingerprint density at radius 1 is 0.964 bits per heavy atom. The number of hydrogen-bond acceptors (Lipinski definition) is 3. The van der Waals surface area contributed by atoms with E-state index in [1.165, 1.54) is 18.4 Å².